The first-order valence-corrected chi connectivity index (χ1v) is 9.60. The molecule has 4 rings (SSSR count). The second-order valence-electron chi connectivity index (χ2n) is 6.98. The zero-order valence-electron chi connectivity index (χ0n) is 17.2. The van der Waals surface area contributed by atoms with E-state index in [0.29, 0.717) is 28.3 Å². The highest BCUT2D eigenvalue weighted by molar-refractivity contribution is 5.82. The Balaban J connectivity index is 1.93. The van der Waals surface area contributed by atoms with Gasteiger partial charge in [-0.1, -0.05) is 42.5 Å². The molecule has 32 heavy (non-hydrogen) atoms. The predicted molar refractivity (Wildman–Crippen MR) is 115 cm³/mol. The van der Waals surface area contributed by atoms with Crippen LogP contribution in [0.15, 0.2) is 66.7 Å². The molecule has 1 aromatic heterocycles. The van der Waals surface area contributed by atoms with Gasteiger partial charge in [0, 0.05) is 16.7 Å². The number of benzene rings is 3. The van der Waals surface area contributed by atoms with Gasteiger partial charge in [-0.15, -0.1) is 0 Å². The predicted octanol–water partition coefficient (Wildman–Crippen LogP) is 6.15. The minimum atomic E-state index is -4.47. The van der Waals surface area contributed by atoms with Crippen molar-refractivity contribution in [2.75, 3.05) is 14.2 Å². The van der Waals surface area contributed by atoms with Crippen LogP contribution in [0.4, 0.5) is 13.2 Å². The van der Waals surface area contributed by atoms with E-state index in [9.17, 15) is 18.3 Å². The molecule has 0 saturated heterocycles. The van der Waals surface area contributed by atoms with Crippen molar-refractivity contribution in [3.63, 3.8) is 0 Å². The molecule has 3 aromatic carbocycles. The van der Waals surface area contributed by atoms with Crippen molar-refractivity contribution >= 4 is 0 Å². The van der Waals surface area contributed by atoms with Crippen LogP contribution in [0, 0.1) is 0 Å². The Kier molecular flexibility index (Phi) is 5.52. The number of H-pyrrole nitrogens is 1. The summed E-state index contributed by atoms with van der Waals surface area (Å²) in [5.74, 6) is 0.579. The van der Waals surface area contributed by atoms with Crippen molar-refractivity contribution in [1.29, 1.82) is 0 Å². The molecule has 4 aromatic rings. The Labute approximate surface area is 182 Å². The number of phenols is 1. The Bertz CT molecular complexity index is 1230. The summed E-state index contributed by atoms with van der Waals surface area (Å²) in [6.07, 6.45) is -4.47. The first kappa shape index (κ1) is 21.3. The van der Waals surface area contributed by atoms with Gasteiger partial charge in [-0.05, 0) is 24.3 Å². The lowest BCUT2D eigenvalue weighted by Gasteiger charge is -2.10. The van der Waals surface area contributed by atoms with Crippen molar-refractivity contribution in [1.82, 2.24) is 9.97 Å². The van der Waals surface area contributed by atoms with E-state index < -0.39 is 11.7 Å². The molecule has 164 valence electrons. The largest absolute Gasteiger partial charge is 0.502 e. The average Bonchev–Trinajstić information content (AvgIpc) is 3.25. The van der Waals surface area contributed by atoms with Crippen molar-refractivity contribution in [3.8, 4) is 51.2 Å². The number of alkyl halides is 3. The number of aromatic amines is 1. The second-order valence-corrected chi connectivity index (χ2v) is 6.98. The van der Waals surface area contributed by atoms with Crippen LogP contribution in [0.25, 0.3) is 33.9 Å². The van der Waals surface area contributed by atoms with Crippen molar-refractivity contribution in [3.05, 3.63) is 72.3 Å². The number of nitrogens with zero attached hydrogens (tertiary/aromatic N) is 1. The molecule has 0 bridgehead atoms. The smallest absolute Gasteiger partial charge is 0.416 e. The zero-order chi connectivity index (χ0) is 22.9. The van der Waals surface area contributed by atoms with Gasteiger partial charge in [0.1, 0.15) is 5.82 Å². The molecule has 0 aliphatic heterocycles. The molecule has 0 amide bonds. The van der Waals surface area contributed by atoms with E-state index >= 15 is 0 Å². The van der Waals surface area contributed by atoms with Crippen molar-refractivity contribution in [2.45, 2.75) is 6.18 Å². The third-order valence-electron chi connectivity index (χ3n) is 4.98. The Morgan fingerprint density at radius 2 is 1.44 bits per heavy atom. The molecule has 2 N–H and O–H groups in total. The SMILES string of the molecule is COc1cc(-c2nc(-c3cccc(C(F)(F)F)c3)c(-c3ccccc3)[nH]2)cc(OC)c1O. The summed E-state index contributed by atoms with van der Waals surface area (Å²) in [7, 11) is 2.81. The molecule has 0 aliphatic rings. The molecular weight excluding hydrogens is 421 g/mol. The van der Waals surface area contributed by atoms with Crippen LogP contribution in [-0.2, 0) is 6.18 Å². The van der Waals surface area contributed by atoms with Gasteiger partial charge in [0.15, 0.2) is 11.5 Å². The van der Waals surface area contributed by atoms with Crippen LogP contribution < -0.4 is 9.47 Å². The fraction of sp³-hybridized carbons (Fsp3) is 0.125. The lowest BCUT2D eigenvalue weighted by atomic mass is 10.0. The Morgan fingerprint density at radius 1 is 0.812 bits per heavy atom. The number of halogens is 3. The molecule has 1 heterocycles. The van der Waals surface area contributed by atoms with Gasteiger partial charge in [-0.25, -0.2) is 4.98 Å². The normalized spacial score (nSPS) is 11.4. The van der Waals surface area contributed by atoms with Gasteiger partial charge in [0.05, 0.1) is 31.2 Å². The number of nitrogens with one attached hydrogen (secondary N) is 1. The highest BCUT2D eigenvalue weighted by atomic mass is 19.4. The summed E-state index contributed by atoms with van der Waals surface area (Å²) in [6.45, 7) is 0. The maximum atomic E-state index is 13.3. The van der Waals surface area contributed by atoms with E-state index in [1.165, 1.54) is 20.3 Å². The standard InChI is InChI=1S/C24H19F3N2O3/c1-31-18-12-16(13-19(32-2)22(18)30)23-28-20(14-7-4-3-5-8-14)21(29-23)15-9-6-10-17(11-15)24(25,26)27/h3-13,30H,1-2H3,(H,28,29). The first-order valence-electron chi connectivity index (χ1n) is 9.60. The van der Waals surface area contributed by atoms with Gasteiger partial charge in [-0.2, -0.15) is 13.2 Å². The minimum absolute atomic E-state index is 0.160. The van der Waals surface area contributed by atoms with E-state index in [2.05, 4.69) is 9.97 Å². The van der Waals surface area contributed by atoms with Gasteiger partial charge in [0.25, 0.3) is 0 Å². The maximum absolute atomic E-state index is 13.3. The van der Waals surface area contributed by atoms with Crippen LogP contribution in [0.2, 0.25) is 0 Å². The third-order valence-corrected chi connectivity index (χ3v) is 4.98. The number of ether oxygens (including phenoxy) is 2. The molecule has 0 unspecified atom stereocenters. The topological polar surface area (TPSA) is 67.4 Å². The molecular formula is C24H19F3N2O3. The van der Waals surface area contributed by atoms with E-state index in [0.717, 1.165) is 17.7 Å². The molecule has 0 saturated carbocycles. The van der Waals surface area contributed by atoms with Gasteiger partial charge >= 0.3 is 6.18 Å². The van der Waals surface area contributed by atoms with Gasteiger partial charge in [0.2, 0.25) is 5.75 Å². The molecule has 0 spiro atoms. The lowest BCUT2D eigenvalue weighted by molar-refractivity contribution is -0.137. The molecule has 8 heteroatoms. The summed E-state index contributed by atoms with van der Waals surface area (Å²) in [5.41, 5.74) is 1.78. The van der Waals surface area contributed by atoms with E-state index in [1.54, 1.807) is 18.2 Å². The van der Waals surface area contributed by atoms with Crippen LogP contribution in [0.1, 0.15) is 5.56 Å². The number of phenolic OH excluding ortho intramolecular Hbond substituents is 1. The summed E-state index contributed by atoms with van der Waals surface area (Å²) < 4.78 is 50.3. The number of imidazole rings is 1. The number of hydrogen-bond acceptors (Lipinski definition) is 4. The summed E-state index contributed by atoms with van der Waals surface area (Å²) in [5, 5.41) is 10.2. The highest BCUT2D eigenvalue weighted by Crippen LogP contribution is 2.41. The first-order chi connectivity index (χ1) is 15.3. The van der Waals surface area contributed by atoms with E-state index in [1.807, 2.05) is 30.3 Å². The fourth-order valence-corrected chi connectivity index (χ4v) is 3.41. The highest BCUT2D eigenvalue weighted by Gasteiger charge is 2.31. The lowest BCUT2D eigenvalue weighted by Crippen LogP contribution is -2.04. The quantitative estimate of drug-likeness (QED) is 0.391. The number of methoxy groups -OCH3 is 2. The van der Waals surface area contributed by atoms with Gasteiger partial charge < -0.3 is 19.6 Å². The second kappa shape index (κ2) is 8.30. The van der Waals surface area contributed by atoms with Crippen LogP contribution >= 0.6 is 0 Å². The van der Waals surface area contributed by atoms with Crippen molar-refractivity contribution in [2.24, 2.45) is 0 Å². The molecule has 0 aliphatic carbocycles. The van der Waals surface area contributed by atoms with Crippen LogP contribution in [-0.4, -0.2) is 29.3 Å². The fourth-order valence-electron chi connectivity index (χ4n) is 3.41. The summed E-state index contributed by atoms with van der Waals surface area (Å²) in [4.78, 5) is 7.82. The molecule has 5 nitrogen and oxygen atoms in total. The van der Waals surface area contributed by atoms with Gasteiger partial charge in [-0.3, -0.25) is 0 Å². The van der Waals surface area contributed by atoms with E-state index in [-0.39, 0.29) is 17.2 Å². The van der Waals surface area contributed by atoms with Crippen LogP contribution in [0.3, 0.4) is 0 Å². The number of aromatic hydroxyl groups is 1. The summed E-state index contributed by atoms with van der Waals surface area (Å²) in [6, 6.07) is 17.4. The number of rotatable bonds is 5. The molecule has 0 radical (unpaired) electrons. The summed E-state index contributed by atoms with van der Waals surface area (Å²) >= 11 is 0. The number of hydrogen-bond donors (Lipinski definition) is 2. The Morgan fingerprint density at radius 3 is 2.03 bits per heavy atom. The number of aromatic nitrogens is 2. The average molecular weight is 440 g/mol. The minimum Gasteiger partial charge on any atom is -0.502 e. The molecule has 0 atom stereocenters. The molecule has 0 fully saturated rings. The monoisotopic (exact) mass is 440 g/mol. The Hall–Kier alpha value is -3.94. The van der Waals surface area contributed by atoms with Crippen LogP contribution in [0.5, 0.6) is 17.2 Å². The third kappa shape index (κ3) is 3.99. The zero-order valence-corrected chi connectivity index (χ0v) is 17.2. The van der Waals surface area contributed by atoms with Crippen molar-refractivity contribution < 1.29 is 27.8 Å². The maximum Gasteiger partial charge on any atom is 0.416 e. The van der Waals surface area contributed by atoms with E-state index in [4.69, 9.17) is 9.47 Å².